The minimum atomic E-state index is -0.598. The van der Waals surface area contributed by atoms with Gasteiger partial charge in [0.1, 0.15) is 0 Å². The molecule has 2 amide bonds. The van der Waals surface area contributed by atoms with Crippen molar-refractivity contribution in [1.82, 2.24) is 10.8 Å². The zero-order chi connectivity index (χ0) is 17.8. The number of benzene rings is 3. The zero-order valence-electron chi connectivity index (χ0n) is 13.1. The van der Waals surface area contributed by atoms with E-state index in [4.69, 9.17) is 16.8 Å². The van der Waals surface area contributed by atoms with Crippen molar-refractivity contribution in [2.75, 3.05) is 0 Å². The molecule has 0 aliphatic carbocycles. The standard InChI is InChI=1S/C19H15ClN2O3/c20-17-7-1-12(2-8-17)11-21-18(23)14-5-3-13-4-6-15(19(24)22-25)10-16(13)9-14/h1-10,25H,11H2,(H,21,23)(H,22,24). The fourth-order valence-electron chi connectivity index (χ4n) is 2.48. The quantitative estimate of drug-likeness (QED) is 0.495. The highest BCUT2D eigenvalue weighted by molar-refractivity contribution is 6.30. The van der Waals surface area contributed by atoms with Crippen LogP contribution in [0.4, 0.5) is 0 Å². The van der Waals surface area contributed by atoms with Crippen molar-refractivity contribution in [3.05, 3.63) is 82.4 Å². The molecule has 0 atom stereocenters. The zero-order valence-corrected chi connectivity index (χ0v) is 13.9. The lowest BCUT2D eigenvalue weighted by atomic mass is 10.0. The van der Waals surface area contributed by atoms with Crippen molar-refractivity contribution in [3.8, 4) is 0 Å². The molecule has 0 bridgehead atoms. The summed E-state index contributed by atoms with van der Waals surface area (Å²) < 4.78 is 0. The molecule has 0 heterocycles. The molecule has 0 radical (unpaired) electrons. The van der Waals surface area contributed by atoms with Crippen molar-refractivity contribution in [3.63, 3.8) is 0 Å². The summed E-state index contributed by atoms with van der Waals surface area (Å²) in [7, 11) is 0. The molecule has 0 fully saturated rings. The molecule has 0 saturated carbocycles. The van der Waals surface area contributed by atoms with Gasteiger partial charge in [-0.3, -0.25) is 14.8 Å². The average molecular weight is 355 g/mol. The third kappa shape index (κ3) is 3.96. The predicted octanol–water partition coefficient (Wildman–Crippen LogP) is 3.54. The fourth-order valence-corrected chi connectivity index (χ4v) is 2.61. The van der Waals surface area contributed by atoms with Crippen LogP contribution in [-0.2, 0) is 6.54 Å². The highest BCUT2D eigenvalue weighted by Gasteiger charge is 2.09. The van der Waals surface area contributed by atoms with E-state index in [-0.39, 0.29) is 5.91 Å². The van der Waals surface area contributed by atoms with Gasteiger partial charge in [0.15, 0.2) is 0 Å². The Morgan fingerprint density at radius 1 is 0.840 bits per heavy atom. The van der Waals surface area contributed by atoms with Crippen LogP contribution in [0.3, 0.4) is 0 Å². The largest absolute Gasteiger partial charge is 0.348 e. The summed E-state index contributed by atoms with van der Waals surface area (Å²) in [6.07, 6.45) is 0. The van der Waals surface area contributed by atoms with Crippen molar-refractivity contribution in [2.24, 2.45) is 0 Å². The second kappa shape index (κ2) is 7.34. The number of nitrogens with one attached hydrogen (secondary N) is 2. The number of amides is 2. The molecule has 6 heteroatoms. The topological polar surface area (TPSA) is 78.4 Å². The summed E-state index contributed by atoms with van der Waals surface area (Å²) in [5.74, 6) is -0.812. The summed E-state index contributed by atoms with van der Waals surface area (Å²) in [6.45, 7) is 0.390. The van der Waals surface area contributed by atoms with Crippen molar-refractivity contribution in [2.45, 2.75) is 6.54 Å². The number of fused-ring (bicyclic) bond motifs is 1. The molecule has 5 nitrogen and oxygen atoms in total. The average Bonchev–Trinajstić information content (AvgIpc) is 2.65. The van der Waals surface area contributed by atoms with Crippen molar-refractivity contribution in [1.29, 1.82) is 0 Å². The molecule has 3 aromatic carbocycles. The highest BCUT2D eigenvalue weighted by atomic mass is 35.5. The lowest BCUT2D eigenvalue weighted by molar-refractivity contribution is 0.0706. The maximum atomic E-state index is 12.3. The van der Waals surface area contributed by atoms with E-state index in [0.29, 0.717) is 22.7 Å². The van der Waals surface area contributed by atoms with Gasteiger partial charge in [0.25, 0.3) is 11.8 Å². The Morgan fingerprint density at radius 2 is 1.44 bits per heavy atom. The Kier molecular flexibility index (Phi) is 4.97. The predicted molar refractivity (Wildman–Crippen MR) is 95.8 cm³/mol. The maximum Gasteiger partial charge on any atom is 0.274 e. The van der Waals surface area contributed by atoms with E-state index in [1.54, 1.807) is 47.9 Å². The van der Waals surface area contributed by atoms with E-state index in [1.165, 1.54) is 0 Å². The SMILES string of the molecule is O=C(NO)c1ccc2ccc(C(=O)NCc3ccc(Cl)cc3)cc2c1. The molecule has 0 aliphatic rings. The van der Waals surface area contributed by atoms with Gasteiger partial charge in [0.2, 0.25) is 0 Å². The molecule has 0 aliphatic heterocycles. The summed E-state index contributed by atoms with van der Waals surface area (Å²) in [5, 5.41) is 13.8. The Morgan fingerprint density at radius 3 is 2.04 bits per heavy atom. The van der Waals surface area contributed by atoms with Crippen LogP contribution >= 0.6 is 11.6 Å². The maximum absolute atomic E-state index is 12.3. The summed E-state index contributed by atoms with van der Waals surface area (Å²) in [6, 6.07) is 17.5. The van der Waals surface area contributed by atoms with Crippen LogP contribution in [0.5, 0.6) is 0 Å². The molecule has 3 rings (SSSR count). The van der Waals surface area contributed by atoms with Crippen LogP contribution in [0.15, 0.2) is 60.7 Å². The van der Waals surface area contributed by atoms with Gasteiger partial charge in [-0.05, 0) is 52.7 Å². The second-order valence-corrected chi connectivity index (χ2v) is 5.96. The molecule has 0 aromatic heterocycles. The molecular formula is C19H15ClN2O3. The molecule has 0 saturated heterocycles. The first-order valence-corrected chi connectivity index (χ1v) is 7.95. The molecular weight excluding hydrogens is 340 g/mol. The summed E-state index contributed by atoms with van der Waals surface area (Å²) in [4.78, 5) is 23.9. The Balaban J connectivity index is 1.78. The molecule has 3 N–H and O–H groups in total. The molecule has 0 unspecified atom stereocenters. The van der Waals surface area contributed by atoms with Gasteiger partial charge in [0, 0.05) is 22.7 Å². The first-order chi connectivity index (χ1) is 12.1. The molecule has 126 valence electrons. The van der Waals surface area contributed by atoms with Crippen LogP contribution in [0.2, 0.25) is 5.02 Å². The van der Waals surface area contributed by atoms with Gasteiger partial charge in [-0.2, -0.15) is 0 Å². The monoisotopic (exact) mass is 354 g/mol. The van der Waals surface area contributed by atoms with Crippen molar-refractivity contribution >= 4 is 34.2 Å². The molecule has 3 aromatic rings. The van der Waals surface area contributed by atoms with Crippen LogP contribution in [0.1, 0.15) is 26.3 Å². The number of carbonyl (C=O) groups excluding carboxylic acids is 2. The number of hydroxylamine groups is 1. The Bertz CT molecular complexity index is 939. The first-order valence-electron chi connectivity index (χ1n) is 7.58. The smallest absolute Gasteiger partial charge is 0.274 e. The number of hydrogen-bond donors (Lipinski definition) is 3. The minimum absolute atomic E-state index is 0.214. The van der Waals surface area contributed by atoms with E-state index < -0.39 is 5.91 Å². The number of hydrogen-bond acceptors (Lipinski definition) is 3. The lowest BCUT2D eigenvalue weighted by Crippen LogP contribution is -2.22. The molecule has 0 spiro atoms. The van der Waals surface area contributed by atoms with Gasteiger partial charge in [-0.25, -0.2) is 5.48 Å². The van der Waals surface area contributed by atoms with E-state index in [0.717, 1.165) is 16.3 Å². The van der Waals surface area contributed by atoms with E-state index in [9.17, 15) is 9.59 Å². The van der Waals surface area contributed by atoms with Gasteiger partial charge in [-0.15, -0.1) is 0 Å². The fraction of sp³-hybridized carbons (Fsp3) is 0.0526. The molecule has 25 heavy (non-hydrogen) atoms. The summed E-state index contributed by atoms with van der Waals surface area (Å²) >= 11 is 5.84. The second-order valence-electron chi connectivity index (χ2n) is 5.53. The number of rotatable bonds is 4. The normalized spacial score (nSPS) is 10.5. The highest BCUT2D eigenvalue weighted by Crippen LogP contribution is 2.18. The van der Waals surface area contributed by atoms with Crippen LogP contribution < -0.4 is 10.8 Å². The van der Waals surface area contributed by atoms with Gasteiger partial charge >= 0.3 is 0 Å². The third-order valence-corrected chi connectivity index (χ3v) is 4.08. The number of carbonyl (C=O) groups is 2. The van der Waals surface area contributed by atoms with E-state index >= 15 is 0 Å². The van der Waals surface area contributed by atoms with E-state index in [2.05, 4.69) is 5.32 Å². The van der Waals surface area contributed by atoms with Crippen LogP contribution in [0.25, 0.3) is 10.8 Å². The van der Waals surface area contributed by atoms with Crippen LogP contribution in [0, 0.1) is 0 Å². The van der Waals surface area contributed by atoms with E-state index in [1.807, 2.05) is 18.2 Å². The van der Waals surface area contributed by atoms with Gasteiger partial charge < -0.3 is 5.32 Å². The lowest BCUT2D eigenvalue weighted by Gasteiger charge is -2.07. The minimum Gasteiger partial charge on any atom is -0.348 e. The van der Waals surface area contributed by atoms with Gasteiger partial charge in [0.05, 0.1) is 0 Å². The Labute approximate surface area is 149 Å². The number of halogens is 1. The van der Waals surface area contributed by atoms with Gasteiger partial charge in [-0.1, -0.05) is 35.9 Å². The van der Waals surface area contributed by atoms with Crippen molar-refractivity contribution < 1.29 is 14.8 Å². The summed E-state index contributed by atoms with van der Waals surface area (Å²) in [5.41, 5.74) is 3.35. The third-order valence-electron chi connectivity index (χ3n) is 3.83. The Hall–Kier alpha value is -2.89. The van der Waals surface area contributed by atoms with Crippen LogP contribution in [-0.4, -0.2) is 17.0 Å². The first kappa shape index (κ1) is 17.0.